The van der Waals surface area contributed by atoms with Gasteiger partial charge in [-0.15, -0.1) is 0 Å². The number of nitrogens with one attached hydrogen (secondary N) is 1. The van der Waals surface area contributed by atoms with Crippen molar-refractivity contribution < 1.29 is 14.6 Å². The molecule has 0 aromatic heterocycles. The summed E-state index contributed by atoms with van der Waals surface area (Å²) in [6, 6.07) is 5.44. The van der Waals surface area contributed by atoms with Gasteiger partial charge in [0, 0.05) is 38.2 Å². The molecule has 0 saturated carbocycles. The normalized spacial score (nSPS) is 10.4. The first-order valence-electron chi connectivity index (χ1n) is 7.56. The fourth-order valence-corrected chi connectivity index (χ4v) is 2.14. The van der Waals surface area contributed by atoms with Crippen LogP contribution >= 0.6 is 0 Å². The second kappa shape index (κ2) is 9.23. The number of amides is 1. The molecule has 0 unspecified atom stereocenters. The molecule has 0 aliphatic heterocycles. The van der Waals surface area contributed by atoms with Crippen LogP contribution in [-0.4, -0.2) is 42.2 Å². The standard InChI is InChI=1S/C16H26N2O3/c1-4-18(5-2)15(19)10-11-17-12-13-8-7-9-14(16(13)20)21-6-3/h7-9,17,20H,4-6,10-12H2,1-3H3. The monoisotopic (exact) mass is 294 g/mol. The third-order valence-electron chi connectivity index (χ3n) is 3.33. The van der Waals surface area contributed by atoms with Crippen molar-refractivity contribution in [2.45, 2.75) is 33.7 Å². The predicted octanol–water partition coefficient (Wildman–Crippen LogP) is 2.14. The summed E-state index contributed by atoms with van der Waals surface area (Å²) in [5, 5.41) is 13.2. The van der Waals surface area contributed by atoms with Crippen molar-refractivity contribution in [3.63, 3.8) is 0 Å². The molecule has 0 atom stereocenters. The van der Waals surface area contributed by atoms with Gasteiger partial charge in [0.2, 0.25) is 5.91 Å². The summed E-state index contributed by atoms with van der Waals surface area (Å²) >= 11 is 0. The zero-order valence-electron chi connectivity index (χ0n) is 13.2. The van der Waals surface area contributed by atoms with Gasteiger partial charge in [-0.3, -0.25) is 4.79 Å². The van der Waals surface area contributed by atoms with E-state index < -0.39 is 0 Å². The van der Waals surface area contributed by atoms with Crippen molar-refractivity contribution in [3.05, 3.63) is 23.8 Å². The van der Waals surface area contributed by atoms with Crippen molar-refractivity contribution in [1.82, 2.24) is 10.2 Å². The Labute approximate surface area is 126 Å². The lowest BCUT2D eigenvalue weighted by Gasteiger charge is -2.18. The molecule has 1 rings (SSSR count). The second-order valence-corrected chi connectivity index (χ2v) is 4.69. The fraction of sp³-hybridized carbons (Fsp3) is 0.562. The van der Waals surface area contributed by atoms with E-state index in [1.54, 1.807) is 6.07 Å². The van der Waals surface area contributed by atoms with Gasteiger partial charge in [-0.05, 0) is 26.8 Å². The molecule has 5 heteroatoms. The molecule has 2 N–H and O–H groups in total. The van der Waals surface area contributed by atoms with E-state index in [1.807, 2.05) is 37.8 Å². The van der Waals surface area contributed by atoms with Crippen LogP contribution in [0.25, 0.3) is 0 Å². The van der Waals surface area contributed by atoms with Crippen molar-refractivity contribution in [2.24, 2.45) is 0 Å². The quantitative estimate of drug-likeness (QED) is 0.685. The van der Waals surface area contributed by atoms with Crippen LogP contribution in [0.2, 0.25) is 0 Å². The third-order valence-corrected chi connectivity index (χ3v) is 3.33. The van der Waals surface area contributed by atoms with Gasteiger partial charge in [0.1, 0.15) is 0 Å². The Morgan fingerprint density at radius 1 is 1.29 bits per heavy atom. The first-order chi connectivity index (χ1) is 10.1. The number of benzene rings is 1. The minimum atomic E-state index is 0.153. The predicted molar refractivity (Wildman–Crippen MR) is 83.5 cm³/mol. The molecule has 1 aromatic rings. The second-order valence-electron chi connectivity index (χ2n) is 4.69. The summed E-state index contributed by atoms with van der Waals surface area (Å²) in [7, 11) is 0. The van der Waals surface area contributed by atoms with Crippen LogP contribution in [0.15, 0.2) is 18.2 Å². The summed E-state index contributed by atoms with van der Waals surface area (Å²) in [5.74, 6) is 0.817. The molecule has 118 valence electrons. The molecule has 1 aromatic carbocycles. The van der Waals surface area contributed by atoms with E-state index in [9.17, 15) is 9.90 Å². The molecule has 0 radical (unpaired) electrons. The zero-order valence-corrected chi connectivity index (χ0v) is 13.2. The summed E-state index contributed by atoms with van der Waals surface area (Å²) in [4.78, 5) is 13.7. The fourth-order valence-electron chi connectivity index (χ4n) is 2.14. The number of carbonyl (C=O) groups is 1. The van der Waals surface area contributed by atoms with E-state index in [0.29, 0.717) is 31.9 Å². The third kappa shape index (κ3) is 5.27. The molecule has 5 nitrogen and oxygen atoms in total. The maximum Gasteiger partial charge on any atom is 0.223 e. The van der Waals surface area contributed by atoms with E-state index >= 15 is 0 Å². The highest BCUT2D eigenvalue weighted by molar-refractivity contribution is 5.76. The SMILES string of the molecule is CCOc1cccc(CNCCC(=O)N(CC)CC)c1O. The molecule has 0 saturated heterocycles. The van der Waals surface area contributed by atoms with Crippen LogP contribution in [-0.2, 0) is 11.3 Å². The summed E-state index contributed by atoms with van der Waals surface area (Å²) in [6.45, 7) is 8.94. The average molecular weight is 294 g/mol. The van der Waals surface area contributed by atoms with Gasteiger partial charge < -0.3 is 20.1 Å². The smallest absolute Gasteiger partial charge is 0.223 e. The molecule has 0 aliphatic carbocycles. The van der Waals surface area contributed by atoms with Crippen LogP contribution in [0, 0.1) is 0 Å². The van der Waals surface area contributed by atoms with E-state index in [2.05, 4.69) is 5.32 Å². The lowest BCUT2D eigenvalue weighted by Crippen LogP contribution is -2.32. The van der Waals surface area contributed by atoms with E-state index in [1.165, 1.54) is 0 Å². The lowest BCUT2D eigenvalue weighted by atomic mass is 10.2. The Hall–Kier alpha value is -1.75. The van der Waals surface area contributed by atoms with Crippen LogP contribution in [0.3, 0.4) is 0 Å². The first kappa shape index (κ1) is 17.3. The molecular formula is C16H26N2O3. The minimum Gasteiger partial charge on any atom is -0.504 e. The number of hydrogen-bond donors (Lipinski definition) is 2. The van der Waals surface area contributed by atoms with Gasteiger partial charge in [0.15, 0.2) is 11.5 Å². The number of rotatable bonds is 9. The summed E-state index contributed by atoms with van der Waals surface area (Å²) in [5.41, 5.74) is 0.774. The van der Waals surface area contributed by atoms with E-state index in [0.717, 1.165) is 18.7 Å². The Kier molecular flexibility index (Phi) is 7.61. The highest BCUT2D eigenvalue weighted by Crippen LogP contribution is 2.29. The van der Waals surface area contributed by atoms with Crippen LogP contribution in [0.4, 0.5) is 0 Å². The Balaban J connectivity index is 2.43. The number of phenolic OH excluding ortho intramolecular Hbond substituents is 1. The first-order valence-corrected chi connectivity index (χ1v) is 7.56. The van der Waals surface area contributed by atoms with Gasteiger partial charge in [0.05, 0.1) is 6.61 Å². The molecule has 0 heterocycles. The van der Waals surface area contributed by atoms with E-state index in [4.69, 9.17) is 4.74 Å². The Bertz CT molecular complexity index is 445. The van der Waals surface area contributed by atoms with Gasteiger partial charge in [0.25, 0.3) is 0 Å². The van der Waals surface area contributed by atoms with Crippen LogP contribution in [0.1, 0.15) is 32.8 Å². The number of para-hydroxylation sites is 1. The molecule has 0 fully saturated rings. The van der Waals surface area contributed by atoms with Crippen molar-refractivity contribution in [3.8, 4) is 11.5 Å². The highest BCUT2D eigenvalue weighted by Gasteiger charge is 2.10. The lowest BCUT2D eigenvalue weighted by molar-refractivity contribution is -0.130. The molecule has 1 amide bonds. The number of nitrogens with zero attached hydrogens (tertiary/aromatic N) is 1. The van der Waals surface area contributed by atoms with Crippen molar-refractivity contribution >= 4 is 5.91 Å². The number of aromatic hydroxyl groups is 1. The average Bonchev–Trinajstić information content (AvgIpc) is 2.48. The Morgan fingerprint density at radius 3 is 2.62 bits per heavy atom. The number of carbonyl (C=O) groups excluding carboxylic acids is 1. The van der Waals surface area contributed by atoms with Gasteiger partial charge >= 0.3 is 0 Å². The minimum absolute atomic E-state index is 0.153. The van der Waals surface area contributed by atoms with Crippen molar-refractivity contribution in [2.75, 3.05) is 26.2 Å². The molecular weight excluding hydrogens is 268 g/mol. The largest absolute Gasteiger partial charge is 0.504 e. The maximum absolute atomic E-state index is 11.8. The topological polar surface area (TPSA) is 61.8 Å². The number of phenols is 1. The maximum atomic E-state index is 11.8. The van der Waals surface area contributed by atoms with Crippen molar-refractivity contribution in [1.29, 1.82) is 0 Å². The highest BCUT2D eigenvalue weighted by atomic mass is 16.5. The van der Waals surface area contributed by atoms with Gasteiger partial charge in [-0.1, -0.05) is 12.1 Å². The zero-order chi connectivity index (χ0) is 15.7. The Morgan fingerprint density at radius 2 is 2.00 bits per heavy atom. The van der Waals surface area contributed by atoms with Gasteiger partial charge in [-0.2, -0.15) is 0 Å². The van der Waals surface area contributed by atoms with E-state index in [-0.39, 0.29) is 11.7 Å². The summed E-state index contributed by atoms with van der Waals surface area (Å²) < 4.78 is 5.34. The molecule has 0 aliphatic rings. The number of hydrogen-bond acceptors (Lipinski definition) is 4. The molecule has 21 heavy (non-hydrogen) atoms. The van der Waals surface area contributed by atoms with Crippen LogP contribution in [0.5, 0.6) is 11.5 Å². The molecule has 0 bridgehead atoms. The molecule has 0 spiro atoms. The van der Waals surface area contributed by atoms with Gasteiger partial charge in [-0.25, -0.2) is 0 Å². The summed E-state index contributed by atoms with van der Waals surface area (Å²) in [6.07, 6.45) is 0.466. The van der Waals surface area contributed by atoms with Crippen LogP contribution < -0.4 is 10.1 Å². The number of ether oxygens (including phenoxy) is 1.